The Morgan fingerprint density at radius 3 is 2.62 bits per heavy atom. The van der Waals surface area contributed by atoms with Gasteiger partial charge < -0.3 is 15.0 Å². The third kappa shape index (κ3) is 5.88. The molecular weight excluding hydrogens is 260 g/mol. The van der Waals surface area contributed by atoms with E-state index < -0.39 is 0 Å². The molecule has 124 valence electrons. The fraction of sp³-hybridized carbons (Fsp3) is 1.00. The Morgan fingerprint density at radius 2 is 2.00 bits per heavy atom. The van der Waals surface area contributed by atoms with E-state index >= 15 is 0 Å². The molecule has 0 aromatic rings. The molecule has 3 nitrogen and oxygen atoms in total. The van der Waals surface area contributed by atoms with Crippen LogP contribution < -0.4 is 5.32 Å². The van der Waals surface area contributed by atoms with Crippen molar-refractivity contribution in [1.29, 1.82) is 0 Å². The first kappa shape index (κ1) is 17.2. The molecule has 2 aliphatic rings. The summed E-state index contributed by atoms with van der Waals surface area (Å²) in [6, 6.07) is 0. The molecule has 0 spiro atoms. The summed E-state index contributed by atoms with van der Waals surface area (Å²) in [5.41, 5.74) is 0.346. The van der Waals surface area contributed by atoms with Crippen molar-refractivity contribution in [1.82, 2.24) is 10.2 Å². The van der Waals surface area contributed by atoms with Crippen LogP contribution in [0.3, 0.4) is 0 Å². The van der Waals surface area contributed by atoms with Crippen LogP contribution in [-0.2, 0) is 4.74 Å². The van der Waals surface area contributed by atoms with Gasteiger partial charge in [0.1, 0.15) is 0 Å². The van der Waals surface area contributed by atoms with Crippen molar-refractivity contribution in [2.24, 2.45) is 17.3 Å². The second kappa shape index (κ2) is 8.50. The van der Waals surface area contributed by atoms with Gasteiger partial charge in [-0.1, -0.05) is 33.1 Å². The minimum Gasteiger partial charge on any atom is -0.381 e. The Balaban J connectivity index is 1.77. The predicted molar refractivity (Wildman–Crippen MR) is 89.6 cm³/mol. The average molecular weight is 296 g/mol. The van der Waals surface area contributed by atoms with E-state index in [1.165, 1.54) is 51.6 Å². The quantitative estimate of drug-likeness (QED) is 0.744. The zero-order chi connectivity index (χ0) is 15.1. The molecule has 1 aliphatic heterocycles. The molecular formula is C18H36N2O. The molecule has 1 N–H and O–H groups in total. The van der Waals surface area contributed by atoms with Gasteiger partial charge in [0.25, 0.3) is 0 Å². The minimum atomic E-state index is 0.346. The van der Waals surface area contributed by atoms with Crippen molar-refractivity contribution >= 4 is 0 Å². The van der Waals surface area contributed by atoms with Crippen LogP contribution in [0.1, 0.15) is 52.4 Å². The van der Waals surface area contributed by atoms with E-state index in [0.29, 0.717) is 5.41 Å². The summed E-state index contributed by atoms with van der Waals surface area (Å²) >= 11 is 0. The standard InChI is InChI=1S/C18H36N2O/c1-16(2)11-19-13-18(9-10-21-15-18)14-20(3)12-17-7-5-4-6-8-17/h16-17,19H,4-15H2,1-3H3. The molecule has 0 bridgehead atoms. The van der Waals surface area contributed by atoms with Gasteiger partial charge in [-0.05, 0) is 44.7 Å². The van der Waals surface area contributed by atoms with E-state index in [0.717, 1.165) is 38.1 Å². The van der Waals surface area contributed by atoms with E-state index in [1.807, 2.05) is 0 Å². The maximum atomic E-state index is 5.74. The van der Waals surface area contributed by atoms with Crippen molar-refractivity contribution in [3.8, 4) is 0 Å². The van der Waals surface area contributed by atoms with E-state index in [4.69, 9.17) is 4.74 Å². The molecule has 1 atom stereocenters. The van der Waals surface area contributed by atoms with Crippen LogP contribution in [0.15, 0.2) is 0 Å². The fourth-order valence-electron chi connectivity index (χ4n) is 4.04. The highest BCUT2D eigenvalue weighted by molar-refractivity contribution is 4.88. The first-order valence-electron chi connectivity index (χ1n) is 9.07. The molecule has 0 amide bonds. The summed E-state index contributed by atoms with van der Waals surface area (Å²) in [5.74, 6) is 1.66. The summed E-state index contributed by atoms with van der Waals surface area (Å²) in [5, 5.41) is 3.67. The Labute approximate surface area is 131 Å². The zero-order valence-corrected chi connectivity index (χ0v) is 14.5. The molecule has 21 heavy (non-hydrogen) atoms. The van der Waals surface area contributed by atoms with Gasteiger partial charge in [-0.3, -0.25) is 0 Å². The van der Waals surface area contributed by atoms with Crippen LogP contribution in [0.2, 0.25) is 0 Å². The molecule has 1 saturated carbocycles. The first-order chi connectivity index (χ1) is 10.1. The van der Waals surface area contributed by atoms with Crippen molar-refractivity contribution in [2.45, 2.75) is 52.4 Å². The fourth-order valence-corrected chi connectivity index (χ4v) is 4.04. The second-order valence-electron chi connectivity index (χ2n) is 8.03. The number of nitrogens with one attached hydrogen (secondary N) is 1. The van der Waals surface area contributed by atoms with E-state index in [1.54, 1.807) is 0 Å². The molecule has 0 aromatic heterocycles. The Hall–Kier alpha value is -0.120. The Morgan fingerprint density at radius 1 is 1.24 bits per heavy atom. The molecule has 0 radical (unpaired) electrons. The van der Waals surface area contributed by atoms with Gasteiger partial charge in [-0.2, -0.15) is 0 Å². The third-order valence-electron chi connectivity index (χ3n) is 5.14. The molecule has 3 heteroatoms. The monoisotopic (exact) mass is 296 g/mol. The van der Waals surface area contributed by atoms with Crippen molar-refractivity contribution in [3.63, 3.8) is 0 Å². The number of nitrogens with zero attached hydrogens (tertiary/aromatic N) is 1. The molecule has 2 rings (SSSR count). The zero-order valence-electron chi connectivity index (χ0n) is 14.5. The summed E-state index contributed by atoms with van der Waals surface area (Å²) < 4.78 is 5.74. The van der Waals surface area contributed by atoms with Crippen LogP contribution in [0.5, 0.6) is 0 Å². The summed E-state index contributed by atoms with van der Waals surface area (Å²) in [7, 11) is 2.32. The first-order valence-corrected chi connectivity index (χ1v) is 9.07. The lowest BCUT2D eigenvalue weighted by Gasteiger charge is -2.35. The summed E-state index contributed by atoms with van der Waals surface area (Å²) in [6.07, 6.45) is 8.45. The Bertz CT molecular complexity index is 281. The van der Waals surface area contributed by atoms with Crippen LogP contribution in [-0.4, -0.2) is 51.3 Å². The van der Waals surface area contributed by atoms with Crippen LogP contribution in [0.4, 0.5) is 0 Å². The molecule has 0 aromatic carbocycles. The number of rotatable bonds is 8. The normalized spacial score (nSPS) is 27.9. The molecule has 1 saturated heterocycles. The van der Waals surface area contributed by atoms with Gasteiger partial charge in [0.2, 0.25) is 0 Å². The van der Waals surface area contributed by atoms with Gasteiger partial charge in [0.15, 0.2) is 0 Å². The summed E-state index contributed by atoms with van der Waals surface area (Å²) in [6.45, 7) is 11.1. The van der Waals surface area contributed by atoms with Gasteiger partial charge in [0.05, 0.1) is 6.61 Å². The van der Waals surface area contributed by atoms with E-state index in [9.17, 15) is 0 Å². The van der Waals surface area contributed by atoms with Crippen LogP contribution in [0, 0.1) is 17.3 Å². The largest absolute Gasteiger partial charge is 0.381 e. The highest BCUT2D eigenvalue weighted by atomic mass is 16.5. The number of ether oxygens (including phenoxy) is 1. The van der Waals surface area contributed by atoms with Gasteiger partial charge in [-0.25, -0.2) is 0 Å². The van der Waals surface area contributed by atoms with Crippen molar-refractivity contribution in [3.05, 3.63) is 0 Å². The van der Waals surface area contributed by atoms with Crippen LogP contribution in [0.25, 0.3) is 0 Å². The lowest BCUT2D eigenvalue weighted by atomic mass is 9.85. The number of hydrogen-bond donors (Lipinski definition) is 1. The maximum absolute atomic E-state index is 5.74. The number of hydrogen-bond acceptors (Lipinski definition) is 3. The van der Waals surface area contributed by atoms with Gasteiger partial charge in [-0.15, -0.1) is 0 Å². The molecule has 1 heterocycles. The average Bonchev–Trinajstić information content (AvgIpc) is 2.87. The van der Waals surface area contributed by atoms with Gasteiger partial charge >= 0.3 is 0 Å². The topological polar surface area (TPSA) is 24.5 Å². The molecule has 1 aliphatic carbocycles. The lowest BCUT2D eigenvalue weighted by molar-refractivity contribution is 0.107. The lowest BCUT2D eigenvalue weighted by Crippen LogP contribution is -2.45. The van der Waals surface area contributed by atoms with E-state index in [2.05, 4.69) is 31.1 Å². The highest BCUT2D eigenvalue weighted by Gasteiger charge is 2.36. The molecule has 2 fully saturated rings. The van der Waals surface area contributed by atoms with Gasteiger partial charge in [0, 0.05) is 31.7 Å². The predicted octanol–water partition coefficient (Wildman–Crippen LogP) is 3.15. The minimum absolute atomic E-state index is 0.346. The van der Waals surface area contributed by atoms with Crippen LogP contribution >= 0.6 is 0 Å². The molecule has 1 unspecified atom stereocenters. The summed E-state index contributed by atoms with van der Waals surface area (Å²) in [4.78, 5) is 2.59. The third-order valence-corrected chi connectivity index (χ3v) is 5.14. The highest BCUT2D eigenvalue weighted by Crippen LogP contribution is 2.30. The van der Waals surface area contributed by atoms with E-state index in [-0.39, 0.29) is 0 Å². The smallest absolute Gasteiger partial charge is 0.0547 e. The van der Waals surface area contributed by atoms with Crippen molar-refractivity contribution < 1.29 is 4.74 Å². The van der Waals surface area contributed by atoms with Crippen molar-refractivity contribution in [2.75, 3.05) is 46.4 Å². The SMILES string of the molecule is CC(C)CNCC1(CN(C)CC2CCCCC2)CCOC1. The maximum Gasteiger partial charge on any atom is 0.0547 e. The Kier molecular flexibility index (Phi) is 6.97. The second-order valence-corrected chi connectivity index (χ2v) is 8.03.